The van der Waals surface area contributed by atoms with Crippen molar-refractivity contribution in [2.24, 2.45) is 0 Å². The summed E-state index contributed by atoms with van der Waals surface area (Å²) in [5.74, 6) is 0. The van der Waals surface area contributed by atoms with Gasteiger partial charge in [-0.25, -0.2) is 14.5 Å². The highest BCUT2D eigenvalue weighted by Gasteiger charge is 2.38. The quantitative estimate of drug-likeness (QED) is 0.869. The molecule has 4 amide bonds. The van der Waals surface area contributed by atoms with E-state index in [-0.39, 0.29) is 0 Å². The van der Waals surface area contributed by atoms with Crippen molar-refractivity contribution in [2.75, 3.05) is 6.54 Å². The van der Waals surface area contributed by atoms with Gasteiger partial charge in [-0.2, -0.15) is 5.26 Å². The van der Waals surface area contributed by atoms with E-state index in [0.717, 1.165) is 16.0 Å². The van der Waals surface area contributed by atoms with Gasteiger partial charge < -0.3 is 10.6 Å². The van der Waals surface area contributed by atoms with E-state index in [0.29, 0.717) is 23.4 Å². The van der Waals surface area contributed by atoms with Crippen LogP contribution < -0.4 is 10.6 Å². The van der Waals surface area contributed by atoms with E-state index in [2.05, 4.69) is 16.7 Å². The minimum absolute atomic E-state index is 0.339. The maximum atomic E-state index is 12.5. The van der Waals surface area contributed by atoms with Crippen molar-refractivity contribution in [3.63, 3.8) is 0 Å². The van der Waals surface area contributed by atoms with Gasteiger partial charge in [0.05, 0.1) is 11.6 Å². The van der Waals surface area contributed by atoms with Gasteiger partial charge in [0.15, 0.2) is 0 Å². The lowest BCUT2D eigenvalue weighted by molar-refractivity contribution is 0.173. The summed E-state index contributed by atoms with van der Waals surface area (Å²) in [5.41, 5.74) is 3.46. The number of rotatable bonds is 3. The first-order chi connectivity index (χ1) is 13.1. The van der Waals surface area contributed by atoms with Crippen LogP contribution in [0.15, 0.2) is 65.9 Å². The van der Waals surface area contributed by atoms with Crippen LogP contribution in [0.2, 0.25) is 0 Å². The molecule has 1 aliphatic heterocycles. The van der Waals surface area contributed by atoms with Gasteiger partial charge in [-0.3, -0.25) is 0 Å². The number of nitrogens with one attached hydrogen (secondary N) is 2. The Bertz CT molecular complexity index is 944. The Labute approximate surface area is 158 Å². The molecule has 0 saturated carbocycles. The highest BCUT2D eigenvalue weighted by molar-refractivity contribution is 5.96. The summed E-state index contributed by atoms with van der Waals surface area (Å²) >= 11 is 0. The molecule has 27 heavy (non-hydrogen) atoms. The summed E-state index contributed by atoms with van der Waals surface area (Å²) in [6.07, 6.45) is 0. The largest absolute Gasteiger partial charge is 0.338 e. The maximum Gasteiger partial charge on any atom is 0.330 e. The van der Waals surface area contributed by atoms with Crippen LogP contribution in [0, 0.1) is 11.3 Å². The molecule has 0 saturated heterocycles. The summed E-state index contributed by atoms with van der Waals surface area (Å²) in [6, 6.07) is 17.7. The van der Waals surface area contributed by atoms with Gasteiger partial charge in [0.1, 0.15) is 6.04 Å². The van der Waals surface area contributed by atoms with Crippen molar-refractivity contribution in [3.8, 4) is 17.2 Å². The van der Waals surface area contributed by atoms with Crippen LogP contribution in [0.25, 0.3) is 11.1 Å². The zero-order valence-corrected chi connectivity index (χ0v) is 15.2. The second-order valence-electron chi connectivity index (χ2n) is 6.18. The predicted octanol–water partition coefficient (Wildman–Crippen LogP) is 3.95. The average molecular weight is 360 g/mol. The number of carbonyl (C=O) groups is 2. The lowest BCUT2D eigenvalue weighted by atomic mass is 9.92. The first-order valence-corrected chi connectivity index (χ1v) is 8.71. The lowest BCUT2D eigenvalue weighted by Crippen LogP contribution is -2.53. The maximum absolute atomic E-state index is 12.5. The van der Waals surface area contributed by atoms with E-state index in [1.807, 2.05) is 54.6 Å². The van der Waals surface area contributed by atoms with Crippen molar-refractivity contribution < 1.29 is 9.59 Å². The van der Waals surface area contributed by atoms with Gasteiger partial charge in [-0.05, 0) is 36.6 Å². The Morgan fingerprint density at radius 1 is 1.19 bits per heavy atom. The summed E-state index contributed by atoms with van der Waals surface area (Å²) in [7, 11) is 0. The molecule has 136 valence electrons. The number of amides is 4. The van der Waals surface area contributed by atoms with Crippen LogP contribution in [-0.2, 0) is 0 Å². The van der Waals surface area contributed by atoms with Crippen LogP contribution in [0.1, 0.15) is 25.5 Å². The van der Waals surface area contributed by atoms with E-state index in [1.54, 1.807) is 13.8 Å². The minimum atomic E-state index is -0.779. The zero-order valence-electron chi connectivity index (χ0n) is 15.2. The molecule has 0 bridgehead atoms. The van der Waals surface area contributed by atoms with E-state index in [4.69, 9.17) is 0 Å². The first kappa shape index (κ1) is 18.2. The molecule has 1 atom stereocenters. The molecule has 0 spiro atoms. The van der Waals surface area contributed by atoms with Crippen molar-refractivity contribution in [1.82, 2.24) is 15.5 Å². The van der Waals surface area contributed by atoms with Crippen LogP contribution in [0.5, 0.6) is 0 Å². The Kier molecular flexibility index (Phi) is 5.23. The van der Waals surface area contributed by atoms with Crippen molar-refractivity contribution in [1.29, 1.82) is 5.26 Å². The normalized spacial score (nSPS) is 16.6. The number of benzene rings is 2. The third-order valence-corrected chi connectivity index (χ3v) is 4.43. The Morgan fingerprint density at radius 2 is 1.89 bits per heavy atom. The van der Waals surface area contributed by atoms with E-state index < -0.39 is 18.1 Å². The van der Waals surface area contributed by atoms with Gasteiger partial charge in [0, 0.05) is 12.2 Å². The van der Waals surface area contributed by atoms with Crippen molar-refractivity contribution in [3.05, 3.63) is 71.4 Å². The molecule has 0 aliphatic carbocycles. The molecule has 0 radical (unpaired) electrons. The third kappa shape index (κ3) is 3.53. The third-order valence-electron chi connectivity index (χ3n) is 4.43. The fourth-order valence-corrected chi connectivity index (χ4v) is 3.16. The standard InChI is InChI=1S/C21H20N4O2/c1-3-23-20(26)25-19(18(13-22)14(2)24-21(25)27)17-11-7-10-16(12-17)15-8-5-4-6-9-15/h4-12,19H,3H2,1-2H3,(H,23,26)(H,24,27). The average Bonchev–Trinajstić information content (AvgIpc) is 2.68. The molecular weight excluding hydrogens is 340 g/mol. The number of nitriles is 1. The number of carbonyl (C=O) groups excluding carboxylic acids is 2. The molecule has 6 heteroatoms. The molecule has 0 aromatic heterocycles. The van der Waals surface area contributed by atoms with Gasteiger partial charge in [-0.1, -0.05) is 48.5 Å². The highest BCUT2D eigenvalue weighted by atomic mass is 16.2. The van der Waals surface area contributed by atoms with Gasteiger partial charge in [0.2, 0.25) is 0 Å². The molecular formula is C21H20N4O2. The number of hydrogen-bond acceptors (Lipinski definition) is 3. The zero-order chi connectivity index (χ0) is 19.4. The van der Waals surface area contributed by atoms with Crippen molar-refractivity contribution in [2.45, 2.75) is 19.9 Å². The number of hydrogen-bond donors (Lipinski definition) is 2. The van der Waals surface area contributed by atoms with Crippen LogP contribution in [-0.4, -0.2) is 23.5 Å². The van der Waals surface area contributed by atoms with E-state index in [9.17, 15) is 14.9 Å². The molecule has 2 aromatic rings. The second-order valence-corrected chi connectivity index (χ2v) is 6.18. The van der Waals surface area contributed by atoms with Crippen LogP contribution in [0.4, 0.5) is 9.59 Å². The molecule has 3 rings (SSSR count). The Balaban J connectivity index is 2.12. The monoisotopic (exact) mass is 360 g/mol. The summed E-state index contributed by atoms with van der Waals surface area (Å²) in [5, 5.41) is 14.9. The Morgan fingerprint density at radius 3 is 2.56 bits per heavy atom. The number of allylic oxidation sites excluding steroid dienone is 1. The molecule has 1 aliphatic rings. The fourth-order valence-electron chi connectivity index (χ4n) is 3.16. The van der Waals surface area contributed by atoms with E-state index in [1.165, 1.54) is 0 Å². The smallest absolute Gasteiger partial charge is 0.330 e. The lowest BCUT2D eigenvalue weighted by Gasteiger charge is -2.35. The SMILES string of the molecule is CCNC(=O)N1C(=O)NC(C)=C(C#N)C1c1cccc(-c2ccccc2)c1. The van der Waals surface area contributed by atoms with Crippen LogP contribution in [0.3, 0.4) is 0 Å². The summed E-state index contributed by atoms with van der Waals surface area (Å²) in [4.78, 5) is 26.1. The number of imide groups is 1. The molecule has 0 fully saturated rings. The molecule has 2 aromatic carbocycles. The van der Waals surface area contributed by atoms with Crippen molar-refractivity contribution >= 4 is 12.1 Å². The second kappa shape index (κ2) is 7.75. The summed E-state index contributed by atoms with van der Waals surface area (Å²) in [6.45, 7) is 3.82. The molecule has 2 N–H and O–H groups in total. The van der Waals surface area contributed by atoms with E-state index >= 15 is 0 Å². The topological polar surface area (TPSA) is 85.2 Å². The summed E-state index contributed by atoms with van der Waals surface area (Å²) < 4.78 is 0. The highest BCUT2D eigenvalue weighted by Crippen LogP contribution is 2.35. The molecule has 6 nitrogen and oxygen atoms in total. The van der Waals surface area contributed by atoms with Gasteiger partial charge in [0.25, 0.3) is 0 Å². The van der Waals surface area contributed by atoms with Gasteiger partial charge >= 0.3 is 12.1 Å². The molecule has 1 heterocycles. The Hall–Kier alpha value is -3.59. The minimum Gasteiger partial charge on any atom is -0.338 e. The number of nitrogens with zero attached hydrogens (tertiary/aromatic N) is 2. The fraction of sp³-hybridized carbons (Fsp3) is 0.190. The van der Waals surface area contributed by atoms with Crippen LogP contribution >= 0.6 is 0 Å². The van der Waals surface area contributed by atoms with Gasteiger partial charge in [-0.15, -0.1) is 0 Å². The molecule has 1 unspecified atom stereocenters. The number of urea groups is 2. The first-order valence-electron chi connectivity index (χ1n) is 8.71. The predicted molar refractivity (Wildman–Crippen MR) is 102 cm³/mol.